The van der Waals surface area contributed by atoms with Crippen LogP contribution in [-0.2, 0) is 14.6 Å². The van der Waals surface area contributed by atoms with Gasteiger partial charge in [-0.25, -0.2) is 8.42 Å². The van der Waals surface area contributed by atoms with Crippen LogP contribution in [-0.4, -0.2) is 74.8 Å². The molecule has 26 heavy (non-hydrogen) atoms. The van der Waals surface area contributed by atoms with Gasteiger partial charge < -0.3 is 14.5 Å². The summed E-state index contributed by atoms with van der Waals surface area (Å²) in [5.41, 5.74) is 0.344. The molecule has 0 N–H and O–H groups in total. The Hall–Kier alpha value is -2.09. The van der Waals surface area contributed by atoms with Crippen molar-refractivity contribution in [1.29, 1.82) is 0 Å². The number of carbonyl (C=O) groups excluding carboxylic acids is 2. The van der Waals surface area contributed by atoms with Gasteiger partial charge >= 0.3 is 0 Å². The quantitative estimate of drug-likeness (QED) is 0.707. The molecule has 1 aliphatic rings. The molecule has 0 aromatic heterocycles. The lowest BCUT2D eigenvalue weighted by Crippen LogP contribution is -2.41. The van der Waals surface area contributed by atoms with E-state index in [-0.39, 0.29) is 36.0 Å². The fraction of sp³-hybridized carbons (Fsp3) is 0.556. The minimum atomic E-state index is -3.09. The maximum Gasteiger partial charge on any atom is 0.259 e. The minimum absolute atomic E-state index is 0.000872. The summed E-state index contributed by atoms with van der Waals surface area (Å²) >= 11 is 0. The van der Waals surface area contributed by atoms with E-state index in [0.29, 0.717) is 24.3 Å². The van der Waals surface area contributed by atoms with Gasteiger partial charge in [0, 0.05) is 26.7 Å². The monoisotopic (exact) mass is 382 g/mol. The van der Waals surface area contributed by atoms with E-state index >= 15 is 0 Å². The van der Waals surface area contributed by atoms with Crippen molar-refractivity contribution in [3.8, 4) is 5.75 Å². The van der Waals surface area contributed by atoms with Crippen molar-refractivity contribution >= 4 is 21.7 Å². The average molecular weight is 382 g/mol. The number of rotatable bonds is 7. The molecule has 2 amide bonds. The highest BCUT2D eigenvalue weighted by Crippen LogP contribution is 2.25. The molecular weight excluding hydrogens is 356 g/mol. The first-order chi connectivity index (χ1) is 12.2. The maximum absolute atomic E-state index is 13.1. The van der Waals surface area contributed by atoms with Gasteiger partial charge in [-0.15, -0.1) is 0 Å². The summed E-state index contributed by atoms with van der Waals surface area (Å²) in [6, 6.07) is 6.43. The highest BCUT2D eigenvalue weighted by Gasteiger charge is 2.35. The maximum atomic E-state index is 13.1. The molecule has 1 aromatic rings. The molecule has 0 saturated carbocycles. The molecule has 8 heteroatoms. The molecule has 1 unspecified atom stereocenters. The Labute approximate surface area is 154 Å². The van der Waals surface area contributed by atoms with Gasteiger partial charge in [-0.1, -0.05) is 19.1 Å². The van der Waals surface area contributed by atoms with Gasteiger partial charge in [0.1, 0.15) is 5.75 Å². The minimum Gasteiger partial charge on any atom is -0.483 e. The number of hydrogen-bond acceptors (Lipinski definition) is 5. The Morgan fingerprint density at radius 2 is 1.92 bits per heavy atom. The van der Waals surface area contributed by atoms with Crippen LogP contribution in [0.1, 0.15) is 30.1 Å². The summed E-state index contributed by atoms with van der Waals surface area (Å²) in [4.78, 5) is 27.9. The van der Waals surface area contributed by atoms with E-state index in [0.717, 1.165) is 6.42 Å². The number of carbonyl (C=O) groups is 2. The second-order valence-corrected chi connectivity index (χ2v) is 8.86. The number of benzene rings is 1. The number of sulfone groups is 1. The predicted molar refractivity (Wildman–Crippen MR) is 99.0 cm³/mol. The van der Waals surface area contributed by atoms with Crippen molar-refractivity contribution in [2.45, 2.75) is 25.8 Å². The Bertz CT molecular complexity index is 761. The van der Waals surface area contributed by atoms with E-state index in [1.807, 2.05) is 6.92 Å². The van der Waals surface area contributed by atoms with Gasteiger partial charge in [0.25, 0.3) is 11.8 Å². The van der Waals surface area contributed by atoms with Gasteiger partial charge in [0.15, 0.2) is 16.4 Å². The Morgan fingerprint density at radius 1 is 1.23 bits per heavy atom. The van der Waals surface area contributed by atoms with Gasteiger partial charge in [-0.2, -0.15) is 0 Å². The van der Waals surface area contributed by atoms with Gasteiger partial charge in [0.2, 0.25) is 0 Å². The molecular formula is C18H26N2O5S. The summed E-state index contributed by atoms with van der Waals surface area (Å²) in [7, 11) is 0.172. The fourth-order valence-corrected chi connectivity index (χ4v) is 4.64. The topological polar surface area (TPSA) is 84.0 Å². The van der Waals surface area contributed by atoms with E-state index in [4.69, 9.17) is 4.74 Å². The van der Waals surface area contributed by atoms with Gasteiger partial charge in [-0.05, 0) is 25.0 Å². The van der Waals surface area contributed by atoms with Crippen LogP contribution in [0.25, 0.3) is 0 Å². The number of likely N-dealkylation sites (N-methyl/N-ethyl adjacent to an activating group) is 1. The summed E-state index contributed by atoms with van der Waals surface area (Å²) in [6.45, 7) is 2.26. The summed E-state index contributed by atoms with van der Waals surface area (Å²) in [5, 5.41) is 0. The van der Waals surface area contributed by atoms with Crippen molar-refractivity contribution in [2.24, 2.45) is 0 Å². The number of amides is 2. The van der Waals surface area contributed by atoms with Crippen molar-refractivity contribution in [2.75, 3.05) is 38.8 Å². The fourth-order valence-electron chi connectivity index (χ4n) is 2.90. The molecule has 2 rings (SSSR count). The van der Waals surface area contributed by atoms with Crippen LogP contribution >= 0.6 is 0 Å². The third-order valence-corrected chi connectivity index (χ3v) is 6.09. The lowest BCUT2D eigenvalue weighted by molar-refractivity contribution is -0.130. The standard InChI is InChI=1S/C18H26N2O5S/c1-4-10-20(14-9-11-26(23,24)13-14)18(22)15-7-5-6-8-16(15)25-12-17(21)19(2)3/h5-8,14H,4,9-13H2,1-3H3. The molecule has 1 heterocycles. The molecule has 7 nitrogen and oxygen atoms in total. The average Bonchev–Trinajstić information content (AvgIpc) is 2.96. The van der Waals surface area contributed by atoms with Crippen LogP contribution in [0.5, 0.6) is 5.75 Å². The smallest absolute Gasteiger partial charge is 0.259 e. The van der Waals surface area contributed by atoms with Crippen LogP contribution in [0.15, 0.2) is 24.3 Å². The van der Waals surface area contributed by atoms with E-state index in [1.54, 1.807) is 43.3 Å². The van der Waals surface area contributed by atoms with Crippen molar-refractivity contribution in [3.63, 3.8) is 0 Å². The molecule has 1 aromatic carbocycles. The zero-order valence-corrected chi connectivity index (χ0v) is 16.3. The van der Waals surface area contributed by atoms with E-state index < -0.39 is 9.84 Å². The van der Waals surface area contributed by atoms with E-state index in [2.05, 4.69) is 0 Å². The van der Waals surface area contributed by atoms with Crippen molar-refractivity contribution < 1.29 is 22.7 Å². The van der Waals surface area contributed by atoms with E-state index in [1.165, 1.54) is 4.90 Å². The number of para-hydroxylation sites is 1. The highest BCUT2D eigenvalue weighted by molar-refractivity contribution is 7.91. The highest BCUT2D eigenvalue weighted by atomic mass is 32.2. The molecule has 144 valence electrons. The zero-order valence-electron chi connectivity index (χ0n) is 15.5. The van der Waals surface area contributed by atoms with E-state index in [9.17, 15) is 18.0 Å². The Balaban J connectivity index is 2.22. The summed E-state index contributed by atoms with van der Waals surface area (Å²) < 4.78 is 29.2. The lowest BCUT2D eigenvalue weighted by atomic mass is 10.1. The van der Waals surface area contributed by atoms with Crippen LogP contribution in [0.4, 0.5) is 0 Å². The SMILES string of the molecule is CCCN(C(=O)c1ccccc1OCC(=O)N(C)C)C1CCS(=O)(=O)C1. The normalized spacial score (nSPS) is 18.3. The molecule has 0 bridgehead atoms. The Morgan fingerprint density at radius 3 is 2.50 bits per heavy atom. The van der Waals surface area contributed by atoms with Crippen molar-refractivity contribution in [3.05, 3.63) is 29.8 Å². The molecule has 1 fully saturated rings. The number of hydrogen-bond donors (Lipinski definition) is 0. The van der Waals surface area contributed by atoms with Crippen LogP contribution in [0.2, 0.25) is 0 Å². The first-order valence-corrected chi connectivity index (χ1v) is 10.5. The van der Waals surface area contributed by atoms with Crippen LogP contribution in [0.3, 0.4) is 0 Å². The first kappa shape index (κ1) is 20.2. The second-order valence-electron chi connectivity index (χ2n) is 6.63. The third-order valence-electron chi connectivity index (χ3n) is 4.34. The molecule has 0 radical (unpaired) electrons. The summed E-state index contributed by atoms with van der Waals surface area (Å²) in [6.07, 6.45) is 1.18. The third kappa shape index (κ3) is 4.97. The molecule has 0 aliphatic carbocycles. The molecule has 1 aliphatic heterocycles. The second kappa shape index (κ2) is 8.53. The predicted octanol–water partition coefficient (Wildman–Crippen LogP) is 1.19. The Kier molecular flexibility index (Phi) is 6.63. The number of nitrogens with zero attached hydrogens (tertiary/aromatic N) is 2. The van der Waals surface area contributed by atoms with Crippen molar-refractivity contribution in [1.82, 2.24) is 9.80 Å². The van der Waals surface area contributed by atoms with Gasteiger partial charge in [-0.3, -0.25) is 9.59 Å². The van der Waals surface area contributed by atoms with Crippen LogP contribution in [0, 0.1) is 0 Å². The number of ether oxygens (including phenoxy) is 1. The summed E-state index contributed by atoms with van der Waals surface area (Å²) in [5.74, 6) is -0.0299. The largest absolute Gasteiger partial charge is 0.483 e. The molecule has 1 saturated heterocycles. The zero-order chi connectivity index (χ0) is 19.3. The molecule has 0 spiro atoms. The lowest BCUT2D eigenvalue weighted by Gasteiger charge is -2.28. The van der Waals surface area contributed by atoms with Gasteiger partial charge in [0.05, 0.1) is 17.1 Å². The molecule has 1 atom stereocenters. The first-order valence-electron chi connectivity index (χ1n) is 8.68. The van der Waals surface area contributed by atoms with Crippen LogP contribution < -0.4 is 4.74 Å².